The second-order valence-electron chi connectivity index (χ2n) is 4.74. The summed E-state index contributed by atoms with van der Waals surface area (Å²) in [6.45, 7) is 4.74. The van der Waals surface area contributed by atoms with Gasteiger partial charge >= 0.3 is 0 Å². The minimum absolute atomic E-state index is 0.0762. The summed E-state index contributed by atoms with van der Waals surface area (Å²) < 4.78 is 0.836. The molecule has 2 nitrogen and oxygen atoms in total. The average Bonchev–Trinajstić information content (AvgIpc) is 2.28. The Morgan fingerprint density at radius 3 is 2.53 bits per heavy atom. The first-order chi connectivity index (χ1) is 7.95. The lowest BCUT2D eigenvalue weighted by Gasteiger charge is -2.23. The Bertz CT molecular complexity index is 370. The summed E-state index contributed by atoms with van der Waals surface area (Å²) in [5.41, 5.74) is 6.55. The zero-order valence-corrected chi connectivity index (χ0v) is 12.5. The first kappa shape index (κ1) is 15.0. The van der Waals surface area contributed by atoms with Crippen LogP contribution in [0.4, 0.5) is 0 Å². The summed E-state index contributed by atoms with van der Waals surface area (Å²) in [5, 5.41) is 10.9. The molecule has 2 atom stereocenters. The van der Waals surface area contributed by atoms with Gasteiger partial charge in [0.1, 0.15) is 0 Å². The first-order valence-electron chi connectivity index (χ1n) is 5.78. The van der Waals surface area contributed by atoms with E-state index in [1.54, 1.807) is 6.07 Å². The van der Waals surface area contributed by atoms with Gasteiger partial charge in [-0.25, -0.2) is 0 Å². The maximum absolute atomic E-state index is 10.3. The maximum atomic E-state index is 10.3. The van der Waals surface area contributed by atoms with E-state index < -0.39 is 6.10 Å². The molecule has 0 saturated carbocycles. The molecular formula is C13H19BrClNO. The molecule has 4 heteroatoms. The number of nitrogens with two attached hydrogens (primary N) is 1. The summed E-state index contributed by atoms with van der Waals surface area (Å²) in [5.74, 6) is 0.594. The smallest absolute Gasteiger partial charge is 0.0830 e. The van der Waals surface area contributed by atoms with Crippen molar-refractivity contribution in [2.24, 2.45) is 17.6 Å². The zero-order valence-electron chi connectivity index (χ0n) is 10.2. The Labute approximate surface area is 116 Å². The monoisotopic (exact) mass is 319 g/mol. The van der Waals surface area contributed by atoms with Gasteiger partial charge in [-0.1, -0.05) is 31.5 Å². The SMILES string of the molecule is CC(C)CC(CN)C(O)c1ccc(Br)c(Cl)c1. The van der Waals surface area contributed by atoms with Gasteiger partial charge in [-0.3, -0.25) is 0 Å². The molecule has 0 heterocycles. The molecule has 3 N–H and O–H groups in total. The number of halogens is 2. The molecular weight excluding hydrogens is 302 g/mol. The normalized spacial score (nSPS) is 15.0. The Hall–Kier alpha value is -0.0900. The number of hydrogen-bond acceptors (Lipinski definition) is 2. The molecule has 0 saturated heterocycles. The highest BCUT2D eigenvalue weighted by Gasteiger charge is 2.21. The van der Waals surface area contributed by atoms with Crippen LogP contribution in [0.15, 0.2) is 22.7 Å². The van der Waals surface area contributed by atoms with Gasteiger partial charge in [-0.05, 0) is 52.5 Å². The highest BCUT2D eigenvalue weighted by Crippen LogP contribution is 2.31. The molecule has 0 aliphatic rings. The minimum Gasteiger partial charge on any atom is -0.388 e. The Balaban J connectivity index is 2.85. The summed E-state index contributed by atoms with van der Waals surface area (Å²) in [4.78, 5) is 0. The molecule has 1 aromatic carbocycles. The molecule has 0 bridgehead atoms. The molecule has 1 aromatic rings. The average molecular weight is 321 g/mol. The Morgan fingerprint density at radius 2 is 2.06 bits per heavy atom. The zero-order chi connectivity index (χ0) is 13.0. The van der Waals surface area contributed by atoms with Crippen LogP contribution in [0.5, 0.6) is 0 Å². The number of aliphatic hydroxyl groups excluding tert-OH is 1. The van der Waals surface area contributed by atoms with Gasteiger partial charge in [0.25, 0.3) is 0 Å². The molecule has 96 valence electrons. The fraction of sp³-hybridized carbons (Fsp3) is 0.538. The van der Waals surface area contributed by atoms with Crippen LogP contribution < -0.4 is 5.73 Å². The quantitative estimate of drug-likeness (QED) is 0.868. The predicted octanol–water partition coefficient (Wildman–Crippen LogP) is 3.76. The predicted molar refractivity (Wildman–Crippen MR) is 76.1 cm³/mol. The van der Waals surface area contributed by atoms with Crippen molar-refractivity contribution in [2.45, 2.75) is 26.4 Å². The topological polar surface area (TPSA) is 46.2 Å². The molecule has 0 amide bonds. The third-order valence-corrected chi connectivity index (χ3v) is 4.04. The molecule has 2 unspecified atom stereocenters. The van der Waals surface area contributed by atoms with Gasteiger partial charge < -0.3 is 10.8 Å². The largest absolute Gasteiger partial charge is 0.388 e. The van der Waals surface area contributed by atoms with Crippen molar-refractivity contribution in [2.75, 3.05) is 6.54 Å². The molecule has 1 rings (SSSR count). The van der Waals surface area contributed by atoms with Crippen LogP contribution >= 0.6 is 27.5 Å². The van der Waals surface area contributed by atoms with Gasteiger partial charge in [0.15, 0.2) is 0 Å². The van der Waals surface area contributed by atoms with Gasteiger partial charge in [0.2, 0.25) is 0 Å². The third kappa shape index (κ3) is 4.25. The number of benzene rings is 1. The third-order valence-electron chi connectivity index (χ3n) is 2.81. The number of aliphatic hydroxyl groups is 1. The number of rotatable bonds is 5. The van der Waals surface area contributed by atoms with Crippen molar-refractivity contribution in [3.8, 4) is 0 Å². The summed E-state index contributed by atoms with van der Waals surface area (Å²) in [6, 6.07) is 5.52. The van der Waals surface area contributed by atoms with Gasteiger partial charge in [0, 0.05) is 10.4 Å². The molecule has 0 fully saturated rings. The first-order valence-corrected chi connectivity index (χ1v) is 6.95. The van der Waals surface area contributed by atoms with E-state index in [4.69, 9.17) is 17.3 Å². The summed E-state index contributed by atoms with van der Waals surface area (Å²) in [7, 11) is 0. The van der Waals surface area contributed by atoms with Crippen LogP contribution in [-0.4, -0.2) is 11.7 Å². The van der Waals surface area contributed by atoms with E-state index in [0.29, 0.717) is 17.5 Å². The van der Waals surface area contributed by atoms with Gasteiger partial charge in [-0.15, -0.1) is 0 Å². The summed E-state index contributed by atoms with van der Waals surface area (Å²) >= 11 is 9.36. The van der Waals surface area contributed by atoms with E-state index in [1.165, 1.54) is 0 Å². The molecule has 17 heavy (non-hydrogen) atoms. The highest BCUT2D eigenvalue weighted by molar-refractivity contribution is 9.10. The van der Waals surface area contributed by atoms with Crippen LogP contribution in [0, 0.1) is 11.8 Å². The minimum atomic E-state index is -0.548. The summed E-state index contributed by atoms with van der Waals surface area (Å²) in [6.07, 6.45) is 0.360. The van der Waals surface area contributed by atoms with Crippen LogP contribution in [0.3, 0.4) is 0 Å². The van der Waals surface area contributed by atoms with Crippen LogP contribution in [0.2, 0.25) is 5.02 Å². The van der Waals surface area contributed by atoms with Crippen LogP contribution in [-0.2, 0) is 0 Å². The van der Waals surface area contributed by atoms with E-state index >= 15 is 0 Å². The van der Waals surface area contributed by atoms with Crippen molar-refractivity contribution in [3.63, 3.8) is 0 Å². The lowest BCUT2D eigenvalue weighted by Crippen LogP contribution is -2.23. The number of hydrogen-bond donors (Lipinski definition) is 2. The standard InChI is InChI=1S/C13H19BrClNO/c1-8(2)5-10(7-16)13(17)9-3-4-11(14)12(15)6-9/h3-4,6,8,10,13,17H,5,7,16H2,1-2H3. The lowest BCUT2D eigenvalue weighted by atomic mass is 9.88. The lowest BCUT2D eigenvalue weighted by molar-refractivity contribution is 0.0995. The fourth-order valence-corrected chi connectivity index (χ4v) is 2.36. The second-order valence-corrected chi connectivity index (χ2v) is 6.01. The fourth-order valence-electron chi connectivity index (χ4n) is 1.93. The Morgan fingerprint density at radius 1 is 1.41 bits per heavy atom. The van der Waals surface area contributed by atoms with Crippen molar-refractivity contribution >= 4 is 27.5 Å². The van der Waals surface area contributed by atoms with Gasteiger partial charge in [-0.2, -0.15) is 0 Å². The van der Waals surface area contributed by atoms with E-state index in [1.807, 2.05) is 12.1 Å². The maximum Gasteiger partial charge on any atom is 0.0830 e. The second kappa shape index (κ2) is 6.74. The van der Waals surface area contributed by atoms with Crippen molar-refractivity contribution in [1.82, 2.24) is 0 Å². The Kier molecular flexibility index (Phi) is 5.93. The molecule has 0 spiro atoms. The molecule has 0 radical (unpaired) electrons. The molecule has 0 aliphatic carbocycles. The van der Waals surface area contributed by atoms with E-state index in [9.17, 15) is 5.11 Å². The van der Waals surface area contributed by atoms with Gasteiger partial charge in [0.05, 0.1) is 11.1 Å². The highest BCUT2D eigenvalue weighted by atomic mass is 79.9. The van der Waals surface area contributed by atoms with Crippen LogP contribution in [0.25, 0.3) is 0 Å². The molecule has 0 aromatic heterocycles. The van der Waals surface area contributed by atoms with Crippen molar-refractivity contribution < 1.29 is 5.11 Å². The molecule has 0 aliphatic heterocycles. The van der Waals surface area contributed by atoms with E-state index in [-0.39, 0.29) is 5.92 Å². The van der Waals surface area contributed by atoms with Crippen molar-refractivity contribution in [1.29, 1.82) is 0 Å². The van der Waals surface area contributed by atoms with Crippen LogP contribution in [0.1, 0.15) is 31.9 Å². The van der Waals surface area contributed by atoms with Crippen molar-refractivity contribution in [3.05, 3.63) is 33.3 Å². The van der Waals surface area contributed by atoms with E-state index in [0.717, 1.165) is 16.5 Å². The van der Waals surface area contributed by atoms with E-state index in [2.05, 4.69) is 29.8 Å².